The van der Waals surface area contributed by atoms with E-state index < -0.39 is 11.7 Å². The van der Waals surface area contributed by atoms with Gasteiger partial charge in [0, 0.05) is 37.4 Å². The highest BCUT2D eigenvalue weighted by molar-refractivity contribution is 6.43. The van der Waals surface area contributed by atoms with E-state index in [9.17, 15) is 14.4 Å². The summed E-state index contributed by atoms with van der Waals surface area (Å²) in [6.07, 6.45) is 0. The summed E-state index contributed by atoms with van der Waals surface area (Å²) in [5.41, 5.74) is 3.46. The first-order valence-electron chi connectivity index (χ1n) is 9.43. The van der Waals surface area contributed by atoms with Gasteiger partial charge in [0.05, 0.1) is 6.54 Å². The van der Waals surface area contributed by atoms with E-state index in [1.54, 1.807) is 30.0 Å². The van der Waals surface area contributed by atoms with Crippen molar-refractivity contribution in [1.29, 1.82) is 0 Å². The van der Waals surface area contributed by atoms with Gasteiger partial charge < -0.3 is 15.1 Å². The number of benzene rings is 2. The van der Waals surface area contributed by atoms with Gasteiger partial charge in [0.1, 0.15) is 0 Å². The summed E-state index contributed by atoms with van der Waals surface area (Å²) in [5.74, 6) is -1.54. The molecule has 0 bridgehead atoms. The van der Waals surface area contributed by atoms with E-state index in [1.807, 2.05) is 12.1 Å². The van der Waals surface area contributed by atoms with Gasteiger partial charge in [-0.1, -0.05) is 36.4 Å². The van der Waals surface area contributed by atoms with Crippen LogP contribution in [0.1, 0.15) is 21.5 Å². The molecular weight excluding hydrogens is 354 g/mol. The van der Waals surface area contributed by atoms with Crippen molar-refractivity contribution in [3.8, 4) is 0 Å². The van der Waals surface area contributed by atoms with E-state index in [4.69, 9.17) is 0 Å². The van der Waals surface area contributed by atoms with E-state index in [0.29, 0.717) is 18.7 Å². The Balaban J connectivity index is 1.49. The van der Waals surface area contributed by atoms with Gasteiger partial charge in [0.15, 0.2) is 0 Å². The number of carbonyl (C=O) groups excluding carboxylic acids is 3. The van der Waals surface area contributed by atoms with Gasteiger partial charge in [-0.3, -0.25) is 14.4 Å². The quantitative estimate of drug-likeness (QED) is 0.637. The minimum atomic E-state index is -0.749. The maximum absolute atomic E-state index is 12.4. The molecule has 6 nitrogen and oxygen atoms in total. The van der Waals surface area contributed by atoms with Crippen molar-refractivity contribution in [2.75, 3.05) is 37.6 Å². The summed E-state index contributed by atoms with van der Waals surface area (Å²) < 4.78 is 0. The average molecular weight is 379 g/mol. The van der Waals surface area contributed by atoms with Crippen LogP contribution in [-0.4, -0.2) is 55.2 Å². The third kappa shape index (κ3) is 4.57. The SMILES string of the molecule is Cc1cccc(N2CCN(C(=O)CNC(=O)C(=O)c3ccccc3C)CC2)c1. The minimum absolute atomic E-state index is 0.166. The van der Waals surface area contributed by atoms with Crippen LogP contribution in [-0.2, 0) is 9.59 Å². The second kappa shape index (κ2) is 8.69. The second-order valence-corrected chi connectivity index (χ2v) is 7.03. The minimum Gasteiger partial charge on any atom is -0.368 e. The molecular formula is C22H25N3O3. The first-order chi connectivity index (χ1) is 13.5. The van der Waals surface area contributed by atoms with E-state index in [2.05, 4.69) is 35.3 Å². The zero-order valence-electron chi connectivity index (χ0n) is 16.3. The average Bonchev–Trinajstić information content (AvgIpc) is 2.71. The topological polar surface area (TPSA) is 69.7 Å². The number of ketones is 1. The largest absolute Gasteiger partial charge is 0.368 e. The zero-order valence-corrected chi connectivity index (χ0v) is 16.3. The van der Waals surface area contributed by atoms with Gasteiger partial charge in [0.2, 0.25) is 11.7 Å². The molecule has 1 heterocycles. The second-order valence-electron chi connectivity index (χ2n) is 7.03. The van der Waals surface area contributed by atoms with E-state index in [0.717, 1.165) is 24.3 Å². The smallest absolute Gasteiger partial charge is 0.292 e. The number of nitrogens with zero attached hydrogens (tertiary/aromatic N) is 2. The fourth-order valence-corrected chi connectivity index (χ4v) is 3.34. The van der Waals surface area contributed by atoms with Crippen LogP contribution in [0.3, 0.4) is 0 Å². The molecule has 2 aromatic carbocycles. The molecule has 2 aromatic rings. The standard InChI is InChI=1S/C22H25N3O3/c1-16-6-5-8-18(14-16)24-10-12-25(13-11-24)20(26)15-23-22(28)21(27)19-9-4-3-7-17(19)2/h3-9,14H,10-13,15H2,1-2H3,(H,23,28). The molecule has 146 valence electrons. The fraction of sp³-hybridized carbons (Fsp3) is 0.318. The van der Waals surface area contributed by atoms with Gasteiger partial charge in [0.25, 0.3) is 5.91 Å². The van der Waals surface area contributed by atoms with E-state index in [1.165, 1.54) is 5.56 Å². The number of amides is 2. The Morgan fingerprint density at radius 3 is 2.32 bits per heavy atom. The number of Topliss-reactive ketones (excluding diaryl/α,β-unsaturated/α-hetero) is 1. The molecule has 3 rings (SSSR count). The summed E-state index contributed by atoms with van der Waals surface area (Å²) in [4.78, 5) is 40.7. The molecule has 1 fully saturated rings. The molecule has 1 aliphatic heterocycles. The molecule has 0 radical (unpaired) electrons. The molecule has 28 heavy (non-hydrogen) atoms. The Bertz CT molecular complexity index is 886. The Kier molecular flexibility index (Phi) is 6.09. The number of hydrogen-bond donors (Lipinski definition) is 1. The summed E-state index contributed by atoms with van der Waals surface area (Å²) >= 11 is 0. The Hall–Kier alpha value is -3.15. The lowest BCUT2D eigenvalue weighted by Crippen LogP contribution is -2.51. The third-order valence-corrected chi connectivity index (χ3v) is 5.00. The highest BCUT2D eigenvalue weighted by Gasteiger charge is 2.23. The van der Waals surface area contributed by atoms with Crippen LogP contribution >= 0.6 is 0 Å². The van der Waals surface area contributed by atoms with Gasteiger partial charge in [-0.2, -0.15) is 0 Å². The zero-order chi connectivity index (χ0) is 20.1. The first kappa shape index (κ1) is 19.6. The molecule has 1 aliphatic rings. The lowest BCUT2D eigenvalue weighted by molar-refractivity contribution is -0.132. The van der Waals surface area contributed by atoms with Gasteiger partial charge in [-0.15, -0.1) is 0 Å². The first-order valence-corrected chi connectivity index (χ1v) is 9.43. The van der Waals surface area contributed by atoms with Crippen molar-refractivity contribution >= 4 is 23.3 Å². The number of hydrogen-bond acceptors (Lipinski definition) is 4. The molecule has 0 aromatic heterocycles. The monoisotopic (exact) mass is 379 g/mol. The molecule has 1 N–H and O–H groups in total. The number of anilines is 1. The molecule has 0 unspecified atom stereocenters. The number of aryl methyl sites for hydroxylation is 2. The maximum atomic E-state index is 12.4. The number of carbonyl (C=O) groups is 3. The van der Waals surface area contributed by atoms with Crippen molar-refractivity contribution < 1.29 is 14.4 Å². The highest BCUT2D eigenvalue weighted by Crippen LogP contribution is 2.17. The number of rotatable bonds is 5. The Morgan fingerprint density at radius 2 is 1.64 bits per heavy atom. The van der Waals surface area contributed by atoms with E-state index >= 15 is 0 Å². The van der Waals surface area contributed by atoms with Crippen LogP contribution in [0, 0.1) is 13.8 Å². The summed E-state index contributed by atoms with van der Waals surface area (Å²) in [5, 5.41) is 2.46. The molecule has 0 aliphatic carbocycles. The van der Waals surface area contributed by atoms with Crippen molar-refractivity contribution in [2.45, 2.75) is 13.8 Å². The van der Waals surface area contributed by atoms with Crippen molar-refractivity contribution in [1.82, 2.24) is 10.2 Å². The Labute approximate surface area is 165 Å². The van der Waals surface area contributed by atoms with Gasteiger partial charge in [-0.25, -0.2) is 0 Å². The molecule has 0 saturated carbocycles. The lowest BCUT2D eigenvalue weighted by Gasteiger charge is -2.36. The molecule has 0 spiro atoms. The number of piperazine rings is 1. The van der Waals surface area contributed by atoms with Gasteiger partial charge >= 0.3 is 0 Å². The normalized spacial score (nSPS) is 13.9. The maximum Gasteiger partial charge on any atom is 0.292 e. The fourth-order valence-electron chi connectivity index (χ4n) is 3.34. The predicted molar refractivity (Wildman–Crippen MR) is 108 cm³/mol. The van der Waals surface area contributed by atoms with Crippen LogP contribution in [0.15, 0.2) is 48.5 Å². The number of nitrogens with one attached hydrogen (secondary N) is 1. The van der Waals surface area contributed by atoms with Crippen molar-refractivity contribution in [3.05, 3.63) is 65.2 Å². The van der Waals surface area contributed by atoms with Crippen LogP contribution < -0.4 is 10.2 Å². The molecule has 0 atom stereocenters. The van der Waals surface area contributed by atoms with Crippen LogP contribution in [0.2, 0.25) is 0 Å². The molecule has 1 saturated heterocycles. The predicted octanol–water partition coefficient (Wildman–Crippen LogP) is 1.95. The Morgan fingerprint density at radius 1 is 0.929 bits per heavy atom. The van der Waals surface area contributed by atoms with Crippen LogP contribution in [0.4, 0.5) is 5.69 Å². The van der Waals surface area contributed by atoms with Crippen LogP contribution in [0.25, 0.3) is 0 Å². The van der Waals surface area contributed by atoms with E-state index in [-0.39, 0.29) is 12.5 Å². The highest BCUT2D eigenvalue weighted by atomic mass is 16.2. The van der Waals surface area contributed by atoms with Crippen molar-refractivity contribution in [3.63, 3.8) is 0 Å². The van der Waals surface area contributed by atoms with Crippen LogP contribution in [0.5, 0.6) is 0 Å². The molecule has 6 heteroatoms. The molecule has 2 amide bonds. The van der Waals surface area contributed by atoms with Crippen molar-refractivity contribution in [2.24, 2.45) is 0 Å². The van der Waals surface area contributed by atoms with Gasteiger partial charge in [-0.05, 0) is 37.1 Å². The third-order valence-electron chi connectivity index (χ3n) is 5.00. The summed E-state index contributed by atoms with van der Waals surface area (Å²) in [6.45, 7) is 6.34. The lowest BCUT2D eigenvalue weighted by atomic mass is 10.0. The summed E-state index contributed by atoms with van der Waals surface area (Å²) in [7, 11) is 0. The summed E-state index contributed by atoms with van der Waals surface area (Å²) in [6, 6.07) is 15.2.